The first-order chi connectivity index (χ1) is 8.06. The number of nitrogens with zero attached hydrogens (tertiary/aromatic N) is 2. The summed E-state index contributed by atoms with van der Waals surface area (Å²) in [7, 11) is 4.27. The van der Waals surface area contributed by atoms with Gasteiger partial charge in [-0.2, -0.15) is 0 Å². The smallest absolute Gasteiger partial charge is 0.0328 e. The van der Waals surface area contributed by atoms with E-state index in [2.05, 4.69) is 44.7 Å². The SMILES string of the molecule is CCCC(CC)(CN)N(CC)CCCN(C)C. The summed E-state index contributed by atoms with van der Waals surface area (Å²) in [5, 5.41) is 0. The zero-order chi connectivity index (χ0) is 13.3. The van der Waals surface area contributed by atoms with Gasteiger partial charge in [0.1, 0.15) is 0 Å². The number of likely N-dealkylation sites (N-methyl/N-ethyl adjacent to an activating group) is 1. The van der Waals surface area contributed by atoms with Crippen LogP contribution in [0.15, 0.2) is 0 Å². The lowest BCUT2D eigenvalue weighted by molar-refractivity contribution is 0.0816. The van der Waals surface area contributed by atoms with E-state index in [0.29, 0.717) is 0 Å². The predicted octanol–water partition coefficient (Wildman–Crippen LogP) is 2.17. The van der Waals surface area contributed by atoms with Crippen LogP contribution in [0.2, 0.25) is 0 Å². The van der Waals surface area contributed by atoms with Crippen molar-refractivity contribution >= 4 is 0 Å². The van der Waals surface area contributed by atoms with Crippen molar-refractivity contribution < 1.29 is 0 Å². The van der Waals surface area contributed by atoms with Gasteiger partial charge in [0.25, 0.3) is 0 Å². The summed E-state index contributed by atoms with van der Waals surface area (Å²) < 4.78 is 0. The number of hydrogen-bond donors (Lipinski definition) is 1. The first-order valence-corrected chi connectivity index (χ1v) is 7.16. The Bertz CT molecular complexity index is 176. The molecular formula is C14H33N3. The normalized spacial score (nSPS) is 15.5. The van der Waals surface area contributed by atoms with Crippen LogP contribution in [0.4, 0.5) is 0 Å². The van der Waals surface area contributed by atoms with E-state index < -0.39 is 0 Å². The number of rotatable bonds is 10. The first kappa shape index (κ1) is 16.9. The Morgan fingerprint density at radius 2 is 1.71 bits per heavy atom. The largest absolute Gasteiger partial charge is 0.329 e. The van der Waals surface area contributed by atoms with E-state index in [-0.39, 0.29) is 5.54 Å². The van der Waals surface area contributed by atoms with Gasteiger partial charge in [0, 0.05) is 12.1 Å². The molecule has 17 heavy (non-hydrogen) atoms. The summed E-state index contributed by atoms with van der Waals surface area (Å²) in [6.45, 7) is 11.0. The van der Waals surface area contributed by atoms with E-state index in [1.807, 2.05) is 0 Å². The summed E-state index contributed by atoms with van der Waals surface area (Å²) in [5.41, 5.74) is 6.29. The molecule has 0 aliphatic carbocycles. The second-order valence-corrected chi connectivity index (χ2v) is 5.27. The van der Waals surface area contributed by atoms with Crippen molar-refractivity contribution in [2.45, 2.75) is 52.0 Å². The summed E-state index contributed by atoms with van der Waals surface area (Å²) in [6.07, 6.45) is 4.82. The quantitative estimate of drug-likeness (QED) is 0.638. The predicted molar refractivity (Wildman–Crippen MR) is 77.4 cm³/mol. The fraction of sp³-hybridized carbons (Fsp3) is 1.00. The third-order valence-electron chi connectivity index (χ3n) is 3.84. The molecule has 0 fully saturated rings. The molecule has 0 bridgehead atoms. The van der Waals surface area contributed by atoms with Crippen molar-refractivity contribution in [1.29, 1.82) is 0 Å². The fourth-order valence-corrected chi connectivity index (χ4v) is 2.71. The maximum Gasteiger partial charge on any atom is 0.0328 e. The average molecular weight is 243 g/mol. The first-order valence-electron chi connectivity index (χ1n) is 7.16. The Kier molecular flexibility index (Phi) is 8.83. The Morgan fingerprint density at radius 3 is 2.06 bits per heavy atom. The zero-order valence-corrected chi connectivity index (χ0v) is 12.6. The molecule has 3 nitrogen and oxygen atoms in total. The molecule has 2 N–H and O–H groups in total. The van der Waals surface area contributed by atoms with Crippen molar-refractivity contribution in [2.24, 2.45) is 5.73 Å². The van der Waals surface area contributed by atoms with Crippen LogP contribution in [0, 0.1) is 0 Å². The van der Waals surface area contributed by atoms with Crippen LogP contribution in [-0.2, 0) is 0 Å². The van der Waals surface area contributed by atoms with Gasteiger partial charge >= 0.3 is 0 Å². The third-order valence-corrected chi connectivity index (χ3v) is 3.84. The summed E-state index contributed by atoms with van der Waals surface area (Å²) >= 11 is 0. The molecule has 0 saturated carbocycles. The molecule has 3 heteroatoms. The zero-order valence-electron chi connectivity index (χ0n) is 12.6. The molecule has 1 atom stereocenters. The van der Waals surface area contributed by atoms with Crippen molar-refractivity contribution in [3.8, 4) is 0 Å². The van der Waals surface area contributed by atoms with Crippen LogP contribution in [0.3, 0.4) is 0 Å². The second-order valence-electron chi connectivity index (χ2n) is 5.27. The van der Waals surface area contributed by atoms with E-state index in [4.69, 9.17) is 5.73 Å². The van der Waals surface area contributed by atoms with Crippen molar-refractivity contribution in [3.63, 3.8) is 0 Å². The maximum atomic E-state index is 6.06. The molecule has 1 unspecified atom stereocenters. The van der Waals surface area contributed by atoms with E-state index in [0.717, 1.165) is 26.1 Å². The minimum Gasteiger partial charge on any atom is -0.329 e. The molecule has 0 aliphatic heterocycles. The van der Waals surface area contributed by atoms with Crippen LogP contribution < -0.4 is 5.73 Å². The molecule has 0 heterocycles. The molecule has 0 amide bonds. The van der Waals surface area contributed by atoms with E-state index in [1.165, 1.54) is 25.8 Å². The van der Waals surface area contributed by atoms with E-state index in [1.54, 1.807) is 0 Å². The van der Waals surface area contributed by atoms with Gasteiger partial charge in [-0.3, -0.25) is 4.90 Å². The van der Waals surface area contributed by atoms with E-state index in [9.17, 15) is 0 Å². The van der Waals surface area contributed by atoms with Crippen LogP contribution in [0.1, 0.15) is 46.5 Å². The molecule has 0 radical (unpaired) electrons. The molecule has 104 valence electrons. The highest BCUT2D eigenvalue weighted by molar-refractivity contribution is 4.90. The highest BCUT2D eigenvalue weighted by Gasteiger charge is 2.31. The van der Waals surface area contributed by atoms with Crippen molar-refractivity contribution in [1.82, 2.24) is 9.80 Å². The fourth-order valence-electron chi connectivity index (χ4n) is 2.71. The number of nitrogens with two attached hydrogens (primary N) is 1. The molecule has 0 spiro atoms. The van der Waals surface area contributed by atoms with Gasteiger partial charge in [-0.25, -0.2) is 0 Å². The summed E-state index contributed by atoms with van der Waals surface area (Å²) in [5.74, 6) is 0. The van der Waals surface area contributed by atoms with Gasteiger partial charge < -0.3 is 10.6 Å². The Balaban J connectivity index is 4.44. The van der Waals surface area contributed by atoms with E-state index >= 15 is 0 Å². The van der Waals surface area contributed by atoms with Gasteiger partial charge in [0.15, 0.2) is 0 Å². The Morgan fingerprint density at radius 1 is 1.06 bits per heavy atom. The molecule has 0 saturated heterocycles. The van der Waals surface area contributed by atoms with Gasteiger partial charge in [-0.05, 0) is 53.0 Å². The third kappa shape index (κ3) is 5.36. The highest BCUT2D eigenvalue weighted by Crippen LogP contribution is 2.24. The van der Waals surface area contributed by atoms with Crippen LogP contribution in [0.25, 0.3) is 0 Å². The topological polar surface area (TPSA) is 32.5 Å². The Hall–Kier alpha value is -0.120. The van der Waals surface area contributed by atoms with Crippen LogP contribution in [0.5, 0.6) is 0 Å². The minimum absolute atomic E-state index is 0.232. The van der Waals surface area contributed by atoms with Crippen LogP contribution in [-0.4, -0.2) is 55.6 Å². The van der Waals surface area contributed by atoms with Gasteiger partial charge in [0.2, 0.25) is 0 Å². The van der Waals surface area contributed by atoms with Gasteiger partial charge in [0.05, 0.1) is 0 Å². The molecule has 0 aliphatic rings. The lowest BCUT2D eigenvalue weighted by Crippen LogP contribution is -2.54. The lowest BCUT2D eigenvalue weighted by atomic mass is 9.88. The molecule has 0 rings (SSSR count). The molecule has 0 aromatic heterocycles. The summed E-state index contributed by atoms with van der Waals surface area (Å²) in [4.78, 5) is 4.85. The average Bonchev–Trinajstić information content (AvgIpc) is 2.32. The summed E-state index contributed by atoms with van der Waals surface area (Å²) in [6, 6.07) is 0. The van der Waals surface area contributed by atoms with Crippen molar-refractivity contribution in [2.75, 3.05) is 40.3 Å². The minimum atomic E-state index is 0.232. The molecule has 0 aromatic rings. The lowest BCUT2D eigenvalue weighted by Gasteiger charge is -2.43. The second kappa shape index (κ2) is 8.90. The van der Waals surface area contributed by atoms with Gasteiger partial charge in [-0.1, -0.05) is 27.2 Å². The highest BCUT2D eigenvalue weighted by atomic mass is 15.2. The maximum absolute atomic E-state index is 6.06. The standard InChI is InChI=1S/C14H33N3/c1-6-10-14(7-2,13-15)17(8-3)12-9-11-16(4)5/h6-13,15H2,1-5H3. The number of hydrogen-bond acceptors (Lipinski definition) is 3. The van der Waals surface area contributed by atoms with Crippen molar-refractivity contribution in [3.05, 3.63) is 0 Å². The monoisotopic (exact) mass is 243 g/mol. The molecule has 0 aromatic carbocycles. The Labute approximate surface area is 108 Å². The van der Waals surface area contributed by atoms with Crippen LogP contribution >= 0.6 is 0 Å². The van der Waals surface area contributed by atoms with Gasteiger partial charge in [-0.15, -0.1) is 0 Å². The molecular weight excluding hydrogens is 210 g/mol.